The zero-order valence-electron chi connectivity index (χ0n) is 16.9. The van der Waals surface area contributed by atoms with Crippen LogP contribution >= 0.6 is 24.0 Å². The number of H-pyrrole nitrogens is 1. The number of rotatable bonds is 7. The minimum atomic E-state index is 0. The second kappa shape index (κ2) is 10.8. The molecular formula is C22H26IN7. The van der Waals surface area contributed by atoms with Crippen LogP contribution in [-0.2, 0) is 19.5 Å². The number of hydrogen-bond acceptors (Lipinski definition) is 3. The maximum atomic E-state index is 4.33. The second-order valence-electron chi connectivity index (χ2n) is 6.88. The minimum Gasteiger partial charge on any atom is -0.361 e. The van der Waals surface area contributed by atoms with E-state index in [0.29, 0.717) is 13.1 Å². The van der Waals surface area contributed by atoms with Crippen molar-refractivity contribution in [2.75, 3.05) is 13.6 Å². The van der Waals surface area contributed by atoms with E-state index in [0.717, 1.165) is 18.9 Å². The van der Waals surface area contributed by atoms with Crippen molar-refractivity contribution in [1.82, 2.24) is 30.4 Å². The number of guanidine groups is 1. The molecule has 0 aliphatic heterocycles. The van der Waals surface area contributed by atoms with Gasteiger partial charge in [-0.15, -0.1) is 24.0 Å². The van der Waals surface area contributed by atoms with Crippen LogP contribution in [0.1, 0.15) is 16.7 Å². The number of para-hydroxylation sites is 1. The fourth-order valence-corrected chi connectivity index (χ4v) is 3.40. The largest absolute Gasteiger partial charge is 0.361 e. The van der Waals surface area contributed by atoms with E-state index in [2.05, 4.69) is 79.4 Å². The Morgan fingerprint density at radius 3 is 2.80 bits per heavy atom. The Labute approximate surface area is 193 Å². The Morgan fingerprint density at radius 2 is 1.97 bits per heavy atom. The highest BCUT2D eigenvalue weighted by Gasteiger charge is 2.04. The maximum Gasteiger partial charge on any atom is 0.191 e. The van der Waals surface area contributed by atoms with Crippen molar-refractivity contribution in [3.05, 3.63) is 84.1 Å². The molecule has 2 heterocycles. The normalized spacial score (nSPS) is 11.3. The number of nitrogens with zero attached hydrogens (tertiary/aromatic N) is 4. The van der Waals surface area contributed by atoms with Crippen LogP contribution in [0.2, 0.25) is 0 Å². The standard InChI is InChI=1S/C22H25N7.HI/c1-23-22(25-10-9-19-13-26-21-8-3-2-7-20(19)21)27-12-17-5-4-6-18(11-17)14-29-16-24-15-28-29;/h2-8,11,13,15-16,26H,9-10,12,14H2,1H3,(H2,23,25,27);1H. The van der Waals surface area contributed by atoms with Gasteiger partial charge in [0.2, 0.25) is 0 Å². The van der Waals surface area contributed by atoms with Gasteiger partial charge in [-0.05, 0) is 29.2 Å². The molecule has 0 spiro atoms. The molecule has 0 atom stereocenters. The van der Waals surface area contributed by atoms with E-state index < -0.39 is 0 Å². The van der Waals surface area contributed by atoms with E-state index >= 15 is 0 Å². The minimum absolute atomic E-state index is 0. The first-order chi connectivity index (χ1) is 14.3. The summed E-state index contributed by atoms with van der Waals surface area (Å²) in [5.74, 6) is 0.798. The number of halogens is 1. The van der Waals surface area contributed by atoms with Gasteiger partial charge in [-0.1, -0.05) is 42.5 Å². The van der Waals surface area contributed by atoms with Crippen LogP contribution < -0.4 is 10.6 Å². The molecule has 156 valence electrons. The van der Waals surface area contributed by atoms with Gasteiger partial charge in [-0.3, -0.25) is 4.99 Å². The third kappa shape index (κ3) is 5.59. The summed E-state index contributed by atoms with van der Waals surface area (Å²) in [4.78, 5) is 11.6. The summed E-state index contributed by atoms with van der Waals surface area (Å²) in [6.07, 6.45) is 6.29. The monoisotopic (exact) mass is 515 g/mol. The molecule has 0 bridgehead atoms. The lowest BCUT2D eigenvalue weighted by atomic mass is 10.1. The van der Waals surface area contributed by atoms with Crippen LogP contribution in [0.5, 0.6) is 0 Å². The van der Waals surface area contributed by atoms with Crippen molar-refractivity contribution in [3.8, 4) is 0 Å². The van der Waals surface area contributed by atoms with Gasteiger partial charge in [0.15, 0.2) is 5.96 Å². The van der Waals surface area contributed by atoms with Crippen LogP contribution in [0.15, 0.2) is 72.4 Å². The SMILES string of the molecule is CN=C(NCCc1c[nH]c2ccccc12)NCc1cccc(Cn2cncn2)c1.I. The van der Waals surface area contributed by atoms with Crippen LogP contribution in [-0.4, -0.2) is 39.3 Å². The Morgan fingerprint density at radius 1 is 1.10 bits per heavy atom. The van der Waals surface area contributed by atoms with Crippen molar-refractivity contribution in [3.63, 3.8) is 0 Å². The molecule has 0 saturated carbocycles. The molecule has 4 aromatic rings. The van der Waals surface area contributed by atoms with E-state index in [1.165, 1.54) is 27.6 Å². The first-order valence-corrected chi connectivity index (χ1v) is 9.71. The topological polar surface area (TPSA) is 82.9 Å². The first kappa shape index (κ1) is 21.8. The van der Waals surface area contributed by atoms with Crippen LogP contribution in [0, 0.1) is 0 Å². The predicted molar refractivity (Wildman–Crippen MR) is 131 cm³/mol. The number of aliphatic imine (C=N–C) groups is 1. The van der Waals surface area contributed by atoms with E-state index in [1.54, 1.807) is 19.7 Å². The number of nitrogens with one attached hydrogen (secondary N) is 3. The van der Waals surface area contributed by atoms with Gasteiger partial charge < -0.3 is 15.6 Å². The highest BCUT2D eigenvalue weighted by Crippen LogP contribution is 2.17. The Hall–Kier alpha value is -2.88. The van der Waals surface area contributed by atoms with Crippen molar-refractivity contribution in [1.29, 1.82) is 0 Å². The van der Waals surface area contributed by atoms with Gasteiger partial charge >= 0.3 is 0 Å². The van der Waals surface area contributed by atoms with Crippen molar-refractivity contribution < 1.29 is 0 Å². The molecule has 30 heavy (non-hydrogen) atoms. The first-order valence-electron chi connectivity index (χ1n) is 9.71. The Kier molecular flexibility index (Phi) is 7.83. The molecule has 2 aromatic heterocycles. The summed E-state index contributed by atoms with van der Waals surface area (Å²) < 4.78 is 1.82. The number of hydrogen-bond donors (Lipinski definition) is 3. The number of benzene rings is 2. The van der Waals surface area contributed by atoms with Crippen molar-refractivity contribution in [2.24, 2.45) is 4.99 Å². The summed E-state index contributed by atoms with van der Waals surface area (Å²) >= 11 is 0. The average Bonchev–Trinajstić information content (AvgIpc) is 3.41. The molecule has 0 amide bonds. The summed E-state index contributed by atoms with van der Waals surface area (Å²) in [5.41, 5.74) is 4.87. The molecule has 4 rings (SSSR count). The fraction of sp³-hybridized carbons (Fsp3) is 0.227. The van der Waals surface area contributed by atoms with Crippen LogP contribution in [0.25, 0.3) is 10.9 Å². The lowest BCUT2D eigenvalue weighted by Crippen LogP contribution is -2.37. The number of aromatic nitrogens is 4. The molecule has 0 fully saturated rings. The predicted octanol–water partition coefficient (Wildman–Crippen LogP) is 3.33. The lowest BCUT2D eigenvalue weighted by Gasteiger charge is -2.12. The van der Waals surface area contributed by atoms with Crippen molar-refractivity contribution in [2.45, 2.75) is 19.5 Å². The zero-order valence-corrected chi connectivity index (χ0v) is 19.2. The van der Waals surface area contributed by atoms with E-state index in [9.17, 15) is 0 Å². The van der Waals surface area contributed by atoms with E-state index in [-0.39, 0.29) is 24.0 Å². The summed E-state index contributed by atoms with van der Waals surface area (Å²) in [5, 5.41) is 12.2. The van der Waals surface area contributed by atoms with Gasteiger partial charge in [0.25, 0.3) is 0 Å². The smallest absolute Gasteiger partial charge is 0.191 e. The third-order valence-electron chi connectivity index (χ3n) is 4.85. The van der Waals surface area contributed by atoms with Gasteiger partial charge in [0.05, 0.1) is 6.54 Å². The van der Waals surface area contributed by atoms with Crippen LogP contribution in [0.3, 0.4) is 0 Å². The molecular weight excluding hydrogens is 489 g/mol. The van der Waals surface area contributed by atoms with Crippen molar-refractivity contribution >= 4 is 40.8 Å². The maximum absolute atomic E-state index is 4.33. The molecule has 7 nitrogen and oxygen atoms in total. The highest BCUT2D eigenvalue weighted by atomic mass is 127. The average molecular weight is 515 g/mol. The zero-order chi connectivity index (χ0) is 19.9. The number of fused-ring (bicyclic) bond motifs is 1. The second-order valence-corrected chi connectivity index (χ2v) is 6.88. The lowest BCUT2D eigenvalue weighted by molar-refractivity contribution is 0.683. The molecule has 2 aromatic carbocycles. The molecule has 3 N–H and O–H groups in total. The fourth-order valence-electron chi connectivity index (χ4n) is 3.40. The molecule has 8 heteroatoms. The molecule has 0 radical (unpaired) electrons. The van der Waals surface area contributed by atoms with Gasteiger partial charge in [0.1, 0.15) is 12.7 Å². The van der Waals surface area contributed by atoms with Gasteiger partial charge in [0, 0.05) is 37.2 Å². The Balaban J connectivity index is 0.00000256. The summed E-state index contributed by atoms with van der Waals surface area (Å²) in [6, 6.07) is 16.8. The van der Waals surface area contributed by atoms with E-state index in [4.69, 9.17) is 0 Å². The van der Waals surface area contributed by atoms with Crippen LogP contribution in [0.4, 0.5) is 0 Å². The quantitative estimate of drug-likeness (QED) is 0.200. The van der Waals surface area contributed by atoms with Gasteiger partial charge in [-0.2, -0.15) is 5.10 Å². The molecule has 0 unspecified atom stereocenters. The van der Waals surface area contributed by atoms with E-state index in [1.807, 2.05) is 10.7 Å². The molecule has 0 aliphatic carbocycles. The Bertz CT molecular complexity index is 1090. The van der Waals surface area contributed by atoms with Gasteiger partial charge in [-0.25, -0.2) is 9.67 Å². The number of aromatic amines is 1. The summed E-state index contributed by atoms with van der Waals surface area (Å²) in [6.45, 7) is 2.23. The molecule has 0 saturated heterocycles. The molecule has 0 aliphatic rings. The highest BCUT2D eigenvalue weighted by molar-refractivity contribution is 14.0. The summed E-state index contributed by atoms with van der Waals surface area (Å²) in [7, 11) is 1.79. The third-order valence-corrected chi connectivity index (χ3v) is 4.85.